The molecule has 2 aromatic rings. The van der Waals surface area contributed by atoms with Crippen LogP contribution in [-0.4, -0.2) is 45.5 Å². The number of benzene rings is 1. The number of hydrogen-bond acceptors (Lipinski definition) is 6. The normalized spacial score (nSPS) is 24.0. The standard InChI is InChI=1S/C18H22ClN3O3.2ClH/c19-14-3-1-2-13(6-14)9-21-11-18(7-15(23)16(24)8-18)12-25-17-10-20-4-5-22-17;;/h1-6,10,15-16,21,23-24H,7-9,11-12H2;2*1H/t15-,16+,18?;;. The summed E-state index contributed by atoms with van der Waals surface area (Å²) < 4.78 is 5.75. The number of hydrogen-bond donors (Lipinski definition) is 3. The van der Waals surface area contributed by atoms with Gasteiger partial charge in [-0.15, -0.1) is 24.8 Å². The van der Waals surface area contributed by atoms with Crippen molar-refractivity contribution in [2.75, 3.05) is 13.2 Å². The van der Waals surface area contributed by atoms with Gasteiger partial charge in [-0.25, -0.2) is 4.98 Å². The zero-order valence-corrected chi connectivity index (χ0v) is 17.0. The van der Waals surface area contributed by atoms with E-state index < -0.39 is 12.2 Å². The van der Waals surface area contributed by atoms with Crippen LogP contribution in [0, 0.1) is 5.41 Å². The molecule has 0 spiro atoms. The van der Waals surface area contributed by atoms with Crippen molar-refractivity contribution < 1.29 is 14.9 Å². The molecule has 1 aromatic carbocycles. The van der Waals surface area contributed by atoms with Crippen molar-refractivity contribution in [3.05, 3.63) is 53.4 Å². The van der Waals surface area contributed by atoms with Gasteiger partial charge in [0.05, 0.1) is 25.0 Å². The summed E-state index contributed by atoms with van der Waals surface area (Å²) in [5.74, 6) is 0.438. The summed E-state index contributed by atoms with van der Waals surface area (Å²) in [4.78, 5) is 8.08. The van der Waals surface area contributed by atoms with Gasteiger partial charge in [-0.1, -0.05) is 23.7 Å². The Morgan fingerprint density at radius 2 is 1.93 bits per heavy atom. The minimum Gasteiger partial charge on any atom is -0.476 e. The van der Waals surface area contributed by atoms with Crippen LogP contribution in [0.2, 0.25) is 5.02 Å². The molecule has 150 valence electrons. The monoisotopic (exact) mass is 435 g/mol. The highest BCUT2D eigenvalue weighted by Crippen LogP contribution is 2.38. The van der Waals surface area contributed by atoms with Crippen molar-refractivity contribution in [1.29, 1.82) is 0 Å². The first kappa shape index (κ1) is 23.9. The average Bonchev–Trinajstić information content (AvgIpc) is 2.89. The van der Waals surface area contributed by atoms with Crippen LogP contribution in [0.5, 0.6) is 5.88 Å². The number of halogens is 3. The first-order valence-corrected chi connectivity index (χ1v) is 8.64. The zero-order chi connectivity index (χ0) is 17.7. The number of aliphatic hydroxyl groups is 2. The Labute approximate surface area is 176 Å². The second kappa shape index (κ2) is 11.0. The van der Waals surface area contributed by atoms with Crippen LogP contribution in [0.15, 0.2) is 42.9 Å². The van der Waals surface area contributed by atoms with Crippen LogP contribution in [0.25, 0.3) is 0 Å². The molecule has 0 radical (unpaired) electrons. The quantitative estimate of drug-likeness (QED) is 0.618. The van der Waals surface area contributed by atoms with Crippen molar-refractivity contribution in [3.8, 4) is 5.88 Å². The van der Waals surface area contributed by atoms with E-state index in [2.05, 4.69) is 15.3 Å². The van der Waals surface area contributed by atoms with Gasteiger partial charge in [0, 0.05) is 35.9 Å². The highest BCUT2D eigenvalue weighted by molar-refractivity contribution is 6.30. The number of aromatic nitrogens is 2. The third-order valence-corrected chi connectivity index (χ3v) is 4.75. The van der Waals surface area contributed by atoms with Gasteiger partial charge in [-0.05, 0) is 30.5 Å². The molecule has 3 atom stereocenters. The molecule has 1 aromatic heterocycles. The first-order valence-electron chi connectivity index (χ1n) is 8.26. The third kappa shape index (κ3) is 6.75. The summed E-state index contributed by atoms with van der Waals surface area (Å²) in [7, 11) is 0. The molecule has 1 saturated carbocycles. The van der Waals surface area contributed by atoms with E-state index in [9.17, 15) is 10.2 Å². The molecule has 0 bridgehead atoms. The maximum Gasteiger partial charge on any atom is 0.232 e. The van der Waals surface area contributed by atoms with Crippen LogP contribution in [0.1, 0.15) is 18.4 Å². The molecular weight excluding hydrogens is 413 g/mol. The molecule has 1 fully saturated rings. The van der Waals surface area contributed by atoms with E-state index in [0.29, 0.717) is 43.4 Å². The fourth-order valence-corrected chi connectivity index (χ4v) is 3.47. The lowest BCUT2D eigenvalue weighted by molar-refractivity contribution is 0.0438. The van der Waals surface area contributed by atoms with E-state index in [0.717, 1.165) is 5.56 Å². The number of nitrogens with one attached hydrogen (secondary N) is 1. The Morgan fingerprint density at radius 3 is 2.56 bits per heavy atom. The number of aliphatic hydroxyl groups excluding tert-OH is 2. The van der Waals surface area contributed by atoms with E-state index in [4.69, 9.17) is 16.3 Å². The minimum absolute atomic E-state index is 0. The Kier molecular flexibility index (Phi) is 9.73. The first-order chi connectivity index (χ1) is 12.1. The van der Waals surface area contributed by atoms with Crippen LogP contribution < -0.4 is 10.1 Å². The molecule has 3 rings (SSSR count). The molecule has 1 heterocycles. The molecule has 6 nitrogen and oxygen atoms in total. The smallest absolute Gasteiger partial charge is 0.232 e. The molecule has 1 aliphatic carbocycles. The molecule has 3 N–H and O–H groups in total. The molecule has 0 aliphatic heterocycles. The van der Waals surface area contributed by atoms with Gasteiger partial charge < -0.3 is 20.3 Å². The molecule has 9 heteroatoms. The summed E-state index contributed by atoms with van der Waals surface area (Å²) in [5.41, 5.74) is 0.714. The molecule has 1 aliphatic rings. The molecular formula is C18H24Cl3N3O3. The Morgan fingerprint density at radius 1 is 1.19 bits per heavy atom. The molecule has 0 amide bonds. The lowest BCUT2D eigenvalue weighted by Crippen LogP contribution is -2.38. The number of ether oxygens (including phenoxy) is 1. The lowest BCUT2D eigenvalue weighted by Gasteiger charge is -2.29. The Balaban J connectivity index is 0.00000182. The van der Waals surface area contributed by atoms with Crippen molar-refractivity contribution in [1.82, 2.24) is 15.3 Å². The Hall–Kier alpha value is -1.15. The van der Waals surface area contributed by atoms with Gasteiger partial charge in [0.1, 0.15) is 0 Å². The minimum atomic E-state index is -0.738. The van der Waals surface area contributed by atoms with Crippen LogP contribution in [0.3, 0.4) is 0 Å². The summed E-state index contributed by atoms with van der Waals surface area (Å²) >= 11 is 6.01. The van der Waals surface area contributed by atoms with Crippen molar-refractivity contribution >= 4 is 36.4 Å². The fourth-order valence-electron chi connectivity index (χ4n) is 3.26. The van der Waals surface area contributed by atoms with Gasteiger partial charge in [0.25, 0.3) is 0 Å². The van der Waals surface area contributed by atoms with Crippen molar-refractivity contribution in [3.63, 3.8) is 0 Å². The van der Waals surface area contributed by atoms with Gasteiger partial charge in [-0.3, -0.25) is 4.98 Å². The van der Waals surface area contributed by atoms with E-state index >= 15 is 0 Å². The van der Waals surface area contributed by atoms with Gasteiger partial charge in [0.15, 0.2) is 0 Å². The van der Waals surface area contributed by atoms with Crippen molar-refractivity contribution in [2.24, 2.45) is 5.41 Å². The molecule has 0 saturated heterocycles. The summed E-state index contributed by atoms with van der Waals surface area (Å²) in [6.45, 7) is 1.61. The zero-order valence-electron chi connectivity index (χ0n) is 14.6. The fraction of sp³-hybridized carbons (Fsp3) is 0.444. The maximum atomic E-state index is 10.0. The predicted octanol–water partition coefficient (Wildman–Crippen LogP) is 2.64. The predicted molar refractivity (Wildman–Crippen MR) is 109 cm³/mol. The largest absolute Gasteiger partial charge is 0.476 e. The van der Waals surface area contributed by atoms with Crippen LogP contribution in [-0.2, 0) is 6.54 Å². The van der Waals surface area contributed by atoms with Crippen molar-refractivity contribution in [2.45, 2.75) is 31.6 Å². The van der Waals surface area contributed by atoms with E-state index in [-0.39, 0.29) is 30.2 Å². The number of nitrogens with zero attached hydrogens (tertiary/aromatic N) is 2. The van der Waals surface area contributed by atoms with Crippen LogP contribution in [0.4, 0.5) is 0 Å². The van der Waals surface area contributed by atoms with E-state index in [1.165, 1.54) is 0 Å². The van der Waals surface area contributed by atoms with Crippen LogP contribution >= 0.6 is 36.4 Å². The highest BCUT2D eigenvalue weighted by Gasteiger charge is 2.44. The second-order valence-corrected chi connectivity index (χ2v) is 7.05. The van der Waals surface area contributed by atoms with Gasteiger partial charge >= 0.3 is 0 Å². The SMILES string of the molecule is Cl.Cl.O[C@@H]1CC(CNCc2cccc(Cl)c2)(COc2cnccn2)C[C@@H]1O. The lowest BCUT2D eigenvalue weighted by atomic mass is 9.86. The van der Waals surface area contributed by atoms with Gasteiger partial charge in [0.2, 0.25) is 5.88 Å². The average molecular weight is 437 g/mol. The summed E-state index contributed by atoms with van der Waals surface area (Å²) in [6, 6.07) is 7.66. The second-order valence-electron chi connectivity index (χ2n) is 6.61. The molecule has 1 unspecified atom stereocenters. The topological polar surface area (TPSA) is 87.5 Å². The summed E-state index contributed by atoms with van der Waals surface area (Å²) in [5, 5.41) is 24.1. The Bertz CT molecular complexity index is 684. The third-order valence-electron chi connectivity index (χ3n) is 4.51. The van der Waals surface area contributed by atoms with E-state index in [1.54, 1.807) is 18.6 Å². The number of rotatable bonds is 7. The summed E-state index contributed by atoms with van der Waals surface area (Å²) in [6.07, 6.45) is 4.16. The van der Waals surface area contributed by atoms with Gasteiger partial charge in [-0.2, -0.15) is 0 Å². The molecule has 27 heavy (non-hydrogen) atoms. The maximum absolute atomic E-state index is 10.0. The highest BCUT2D eigenvalue weighted by atomic mass is 35.5. The van der Waals surface area contributed by atoms with E-state index in [1.807, 2.05) is 24.3 Å².